The molecule has 4 nitrogen and oxygen atoms in total. The SMILES string of the molecule is COC(=O)C1CN(C(=O)c2cccc3ccccc23)CC1c1ccsc1. The predicted molar refractivity (Wildman–Crippen MR) is 102 cm³/mol. The zero-order valence-electron chi connectivity index (χ0n) is 14.4. The first kappa shape index (κ1) is 16.8. The number of benzene rings is 2. The standard InChI is InChI=1S/C21H19NO3S/c1-25-21(24)19-12-22(11-18(19)15-9-10-26-13-15)20(23)17-8-4-6-14-5-2-3-7-16(14)17/h2-10,13,18-19H,11-12H2,1H3. The minimum atomic E-state index is -0.325. The van der Waals surface area contributed by atoms with Gasteiger partial charge in [-0.3, -0.25) is 9.59 Å². The molecule has 0 N–H and O–H groups in total. The van der Waals surface area contributed by atoms with Gasteiger partial charge in [0.1, 0.15) is 0 Å². The monoisotopic (exact) mass is 365 g/mol. The van der Waals surface area contributed by atoms with Crippen molar-refractivity contribution in [2.75, 3.05) is 20.2 Å². The van der Waals surface area contributed by atoms with E-state index in [0.717, 1.165) is 16.3 Å². The molecule has 0 radical (unpaired) electrons. The highest BCUT2D eigenvalue weighted by molar-refractivity contribution is 7.08. The second-order valence-corrected chi connectivity index (χ2v) is 7.31. The molecule has 26 heavy (non-hydrogen) atoms. The molecule has 5 heteroatoms. The van der Waals surface area contributed by atoms with Gasteiger partial charge in [-0.05, 0) is 39.2 Å². The lowest BCUT2D eigenvalue weighted by Gasteiger charge is -2.17. The first-order valence-corrected chi connectivity index (χ1v) is 9.50. The fourth-order valence-corrected chi connectivity index (χ4v) is 4.49. The van der Waals surface area contributed by atoms with Crippen molar-refractivity contribution in [1.29, 1.82) is 0 Å². The Morgan fingerprint density at radius 3 is 2.65 bits per heavy atom. The highest BCUT2D eigenvalue weighted by atomic mass is 32.1. The number of methoxy groups -OCH3 is 1. The third-order valence-corrected chi connectivity index (χ3v) is 5.80. The van der Waals surface area contributed by atoms with Crippen LogP contribution >= 0.6 is 11.3 Å². The number of ether oxygens (including phenoxy) is 1. The van der Waals surface area contributed by atoms with Gasteiger partial charge in [0.15, 0.2) is 0 Å². The number of amides is 1. The first-order chi connectivity index (χ1) is 12.7. The van der Waals surface area contributed by atoms with Crippen molar-refractivity contribution < 1.29 is 14.3 Å². The predicted octanol–water partition coefficient (Wildman–Crippen LogP) is 3.93. The zero-order chi connectivity index (χ0) is 18.1. The van der Waals surface area contributed by atoms with E-state index in [1.54, 1.807) is 16.2 Å². The summed E-state index contributed by atoms with van der Waals surface area (Å²) >= 11 is 1.60. The summed E-state index contributed by atoms with van der Waals surface area (Å²) in [6.45, 7) is 0.911. The average Bonchev–Trinajstić information content (AvgIpc) is 3.36. The van der Waals surface area contributed by atoms with Gasteiger partial charge in [0, 0.05) is 24.6 Å². The van der Waals surface area contributed by atoms with Crippen LogP contribution in [0.4, 0.5) is 0 Å². The molecule has 1 saturated heterocycles. The van der Waals surface area contributed by atoms with E-state index in [0.29, 0.717) is 18.7 Å². The van der Waals surface area contributed by atoms with Crippen molar-refractivity contribution in [3.8, 4) is 0 Å². The van der Waals surface area contributed by atoms with Gasteiger partial charge in [-0.1, -0.05) is 36.4 Å². The Morgan fingerprint density at radius 1 is 1.08 bits per heavy atom. The Morgan fingerprint density at radius 2 is 1.88 bits per heavy atom. The van der Waals surface area contributed by atoms with Crippen molar-refractivity contribution in [1.82, 2.24) is 4.90 Å². The number of hydrogen-bond donors (Lipinski definition) is 0. The molecule has 0 aliphatic carbocycles. The number of hydrogen-bond acceptors (Lipinski definition) is 4. The summed E-state index contributed by atoms with van der Waals surface area (Å²) in [6, 6.07) is 15.7. The van der Waals surface area contributed by atoms with Gasteiger partial charge in [-0.2, -0.15) is 11.3 Å². The van der Waals surface area contributed by atoms with Gasteiger partial charge < -0.3 is 9.64 Å². The molecule has 2 aromatic carbocycles. The van der Waals surface area contributed by atoms with Crippen molar-refractivity contribution >= 4 is 34.0 Å². The van der Waals surface area contributed by atoms with E-state index in [-0.39, 0.29) is 23.7 Å². The number of likely N-dealkylation sites (tertiary alicyclic amines) is 1. The van der Waals surface area contributed by atoms with Crippen molar-refractivity contribution in [2.24, 2.45) is 5.92 Å². The maximum Gasteiger partial charge on any atom is 0.311 e. The topological polar surface area (TPSA) is 46.6 Å². The summed E-state index contributed by atoms with van der Waals surface area (Å²) in [7, 11) is 1.40. The van der Waals surface area contributed by atoms with Gasteiger partial charge >= 0.3 is 5.97 Å². The molecule has 2 heterocycles. The lowest BCUT2D eigenvalue weighted by Crippen LogP contribution is -2.30. The molecule has 132 valence electrons. The number of esters is 1. The van der Waals surface area contributed by atoms with E-state index in [1.165, 1.54) is 7.11 Å². The summed E-state index contributed by atoms with van der Waals surface area (Å²) < 4.78 is 4.99. The molecular formula is C21H19NO3S. The van der Waals surface area contributed by atoms with E-state index in [1.807, 2.05) is 59.3 Å². The molecule has 2 unspecified atom stereocenters. The summed E-state index contributed by atoms with van der Waals surface area (Å²) in [5.74, 6) is -0.635. The Labute approximate surface area is 156 Å². The number of fused-ring (bicyclic) bond motifs is 1. The molecule has 3 aromatic rings. The fourth-order valence-electron chi connectivity index (χ4n) is 3.77. The highest BCUT2D eigenvalue weighted by Gasteiger charge is 2.41. The Bertz CT molecular complexity index is 946. The molecular weight excluding hydrogens is 346 g/mol. The van der Waals surface area contributed by atoms with Crippen LogP contribution in [0.5, 0.6) is 0 Å². The zero-order valence-corrected chi connectivity index (χ0v) is 15.2. The lowest BCUT2D eigenvalue weighted by molar-refractivity contribution is -0.145. The van der Waals surface area contributed by atoms with E-state index >= 15 is 0 Å². The van der Waals surface area contributed by atoms with Gasteiger partial charge in [-0.25, -0.2) is 0 Å². The van der Waals surface area contributed by atoms with Crippen LogP contribution in [0.3, 0.4) is 0 Å². The summed E-state index contributed by atoms with van der Waals surface area (Å²) in [4.78, 5) is 27.3. The molecule has 1 aliphatic rings. The normalized spacial score (nSPS) is 19.7. The average molecular weight is 365 g/mol. The number of carbonyl (C=O) groups is 2. The van der Waals surface area contributed by atoms with Gasteiger partial charge in [0.05, 0.1) is 13.0 Å². The third-order valence-electron chi connectivity index (χ3n) is 5.10. The second-order valence-electron chi connectivity index (χ2n) is 6.53. The van der Waals surface area contributed by atoms with E-state index in [4.69, 9.17) is 4.74 Å². The van der Waals surface area contributed by atoms with E-state index in [2.05, 4.69) is 0 Å². The van der Waals surface area contributed by atoms with Crippen LogP contribution in [-0.4, -0.2) is 37.0 Å². The highest BCUT2D eigenvalue weighted by Crippen LogP contribution is 2.35. The minimum absolute atomic E-state index is 0.0207. The summed E-state index contributed by atoms with van der Waals surface area (Å²) in [6.07, 6.45) is 0. The molecule has 0 bridgehead atoms. The molecule has 1 aliphatic heterocycles. The molecule has 0 spiro atoms. The van der Waals surface area contributed by atoms with Crippen LogP contribution in [0.15, 0.2) is 59.3 Å². The Hall–Kier alpha value is -2.66. The maximum atomic E-state index is 13.2. The van der Waals surface area contributed by atoms with Gasteiger partial charge in [-0.15, -0.1) is 0 Å². The first-order valence-electron chi connectivity index (χ1n) is 8.56. The van der Waals surface area contributed by atoms with Crippen molar-refractivity contribution in [3.05, 3.63) is 70.4 Å². The number of thiophene rings is 1. The van der Waals surface area contributed by atoms with Crippen LogP contribution in [0.1, 0.15) is 21.8 Å². The van der Waals surface area contributed by atoms with E-state index < -0.39 is 0 Å². The molecule has 0 saturated carbocycles. The lowest BCUT2D eigenvalue weighted by atomic mass is 9.91. The molecule has 1 aromatic heterocycles. The quantitative estimate of drug-likeness (QED) is 0.661. The van der Waals surface area contributed by atoms with Gasteiger partial charge in [0.25, 0.3) is 5.91 Å². The van der Waals surface area contributed by atoms with Crippen LogP contribution in [0.2, 0.25) is 0 Å². The fraction of sp³-hybridized carbons (Fsp3) is 0.238. The number of carbonyl (C=O) groups excluding carboxylic acids is 2. The van der Waals surface area contributed by atoms with Crippen LogP contribution < -0.4 is 0 Å². The largest absolute Gasteiger partial charge is 0.469 e. The van der Waals surface area contributed by atoms with E-state index in [9.17, 15) is 9.59 Å². The second kappa shape index (κ2) is 6.92. The van der Waals surface area contributed by atoms with Crippen molar-refractivity contribution in [3.63, 3.8) is 0 Å². The smallest absolute Gasteiger partial charge is 0.311 e. The number of nitrogens with zero attached hydrogens (tertiary/aromatic N) is 1. The number of rotatable bonds is 3. The van der Waals surface area contributed by atoms with Crippen LogP contribution in [-0.2, 0) is 9.53 Å². The van der Waals surface area contributed by atoms with Crippen LogP contribution in [0, 0.1) is 5.92 Å². The third kappa shape index (κ3) is 2.88. The molecule has 4 rings (SSSR count). The summed E-state index contributed by atoms with van der Waals surface area (Å²) in [5, 5.41) is 6.02. The Kier molecular flexibility index (Phi) is 4.47. The molecule has 1 fully saturated rings. The van der Waals surface area contributed by atoms with Crippen LogP contribution in [0.25, 0.3) is 10.8 Å². The Balaban J connectivity index is 1.67. The molecule has 2 atom stereocenters. The molecule has 1 amide bonds. The van der Waals surface area contributed by atoms with Gasteiger partial charge in [0.2, 0.25) is 0 Å². The maximum absolute atomic E-state index is 13.2. The summed E-state index contributed by atoms with van der Waals surface area (Å²) in [5.41, 5.74) is 1.77. The van der Waals surface area contributed by atoms with Crippen molar-refractivity contribution in [2.45, 2.75) is 5.92 Å². The minimum Gasteiger partial charge on any atom is -0.469 e.